The first kappa shape index (κ1) is 12.5. The summed E-state index contributed by atoms with van der Waals surface area (Å²) >= 11 is 1.71. The maximum absolute atomic E-state index is 5.76. The van der Waals surface area contributed by atoms with E-state index in [1.807, 2.05) is 18.3 Å². The SMILES string of the molecule is CC(N)CCCC(C)c1nc2cccnc2s1. The van der Waals surface area contributed by atoms with Crippen molar-refractivity contribution >= 4 is 21.7 Å². The van der Waals surface area contributed by atoms with Crippen LogP contribution >= 0.6 is 11.3 Å². The minimum Gasteiger partial charge on any atom is -0.328 e. The fourth-order valence-electron chi connectivity index (χ4n) is 1.87. The van der Waals surface area contributed by atoms with Crippen molar-refractivity contribution in [1.82, 2.24) is 9.97 Å². The van der Waals surface area contributed by atoms with E-state index in [0.717, 1.165) is 23.2 Å². The van der Waals surface area contributed by atoms with Gasteiger partial charge in [0.05, 0.1) is 5.01 Å². The number of hydrogen-bond donors (Lipinski definition) is 1. The number of fused-ring (bicyclic) bond motifs is 1. The molecule has 0 aromatic carbocycles. The van der Waals surface area contributed by atoms with Crippen molar-refractivity contribution in [1.29, 1.82) is 0 Å². The molecule has 17 heavy (non-hydrogen) atoms. The second-order valence-electron chi connectivity index (χ2n) is 4.69. The molecule has 0 aliphatic heterocycles. The standard InChI is InChI=1S/C13H19N3S/c1-9(5-3-6-10(2)14)12-16-11-7-4-8-15-13(11)17-12/h4,7-10H,3,5-6,14H2,1-2H3. The molecular weight excluding hydrogens is 230 g/mol. The van der Waals surface area contributed by atoms with Crippen LogP contribution in [0.3, 0.4) is 0 Å². The monoisotopic (exact) mass is 249 g/mol. The maximum Gasteiger partial charge on any atom is 0.143 e. The van der Waals surface area contributed by atoms with E-state index in [9.17, 15) is 0 Å². The molecule has 0 saturated carbocycles. The van der Waals surface area contributed by atoms with Crippen LogP contribution < -0.4 is 5.73 Å². The summed E-state index contributed by atoms with van der Waals surface area (Å²) in [7, 11) is 0. The van der Waals surface area contributed by atoms with Gasteiger partial charge in [0, 0.05) is 18.2 Å². The molecule has 2 heterocycles. The van der Waals surface area contributed by atoms with Crippen LogP contribution in [0.5, 0.6) is 0 Å². The average Bonchev–Trinajstić information content (AvgIpc) is 2.71. The Kier molecular flexibility index (Phi) is 4.07. The van der Waals surface area contributed by atoms with E-state index in [0.29, 0.717) is 12.0 Å². The van der Waals surface area contributed by atoms with Gasteiger partial charge in [0.1, 0.15) is 10.3 Å². The van der Waals surface area contributed by atoms with E-state index in [4.69, 9.17) is 5.73 Å². The van der Waals surface area contributed by atoms with Gasteiger partial charge in [-0.25, -0.2) is 9.97 Å². The maximum atomic E-state index is 5.76. The fourth-order valence-corrected chi connectivity index (χ4v) is 2.86. The second-order valence-corrected chi connectivity index (χ2v) is 5.70. The zero-order chi connectivity index (χ0) is 12.3. The summed E-state index contributed by atoms with van der Waals surface area (Å²) in [6, 6.07) is 4.27. The zero-order valence-corrected chi connectivity index (χ0v) is 11.2. The Hall–Kier alpha value is -1.00. The van der Waals surface area contributed by atoms with Crippen LogP contribution in [-0.4, -0.2) is 16.0 Å². The summed E-state index contributed by atoms with van der Waals surface area (Å²) in [5.74, 6) is 0.507. The van der Waals surface area contributed by atoms with E-state index >= 15 is 0 Å². The highest BCUT2D eigenvalue weighted by atomic mass is 32.1. The summed E-state index contributed by atoms with van der Waals surface area (Å²) < 4.78 is 0. The van der Waals surface area contributed by atoms with Crippen LogP contribution in [0, 0.1) is 0 Å². The first-order valence-corrected chi connectivity index (χ1v) is 6.95. The third kappa shape index (κ3) is 3.23. The lowest BCUT2D eigenvalue weighted by Gasteiger charge is -2.09. The summed E-state index contributed by atoms with van der Waals surface area (Å²) in [5, 5.41) is 1.20. The molecule has 3 nitrogen and oxygen atoms in total. The molecule has 2 aromatic heterocycles. The van der Waals surface area contributed by atoms with Gasteiger partial charge in [-0.2, -0.15) is 0 Å². The third-order valence-corrected chi connectivity index (χ3v) is 4.11. The molecule has 0 saturated heterocycles. The van der Waals surface area contributed by atoms with Crippen molar-refractivity contribution in [2.24, 2.45) is 5.73 Å². The summed E-state index contributed by atoms with van der Waals surface area (Å²) in [4.78, 5) is 10.0. The Morgan fingerprint density at radius 2 is 2.18 bits per heavy atom. The predicted molar refractivity (Wildman–Crippen MR) is 73.3 cm³/mol. The van der Waals surface area contributed by atoms with Gasteiger partial charge < -0.3 is 5.73 Å². The van der Waals surface area contributed by atoms with Crippen LogP contribution in [0.1, 0.15) is 44.0 Å². The zero-order valence-electron chi connectivity index (χ0n) is 10.4. The van der Waals surface area contributed by atoms with Crippen molar-refractivity contribution in [2.45, 2.75) is 45.1 Å². The Balaban J connectivity index is 2.01. The topological polar surface area (TPSA) is 51.8 Å². The molecule has 0 spiro atoms. The van der Waals surface area contributed by atoms with Gasteiger partial charge in [0.25, 0.3) is 0 Å². The molecule has 0 fully saturated rings. The molecule has 2 rings (SSSR count). The largest absolute Gasteiger partial charge is 0.328 e. The highest BCUT2D eigenvalue weighted by Gasteiger charge is 2.11. The normalized spacial score (nSPS) is 15.0. The predicted octanol–water partition coefficient (Wildman–Crippen LogP) is 3.31. The second kappa shape index (κ2) is 5.56. The number of hydrogen-bond acceptors (Lipinski definition) is 4. The van der Waals surface area contributed by atoms with Crippen LogP contribution in [0.2, 0.25) is 0 Å². The fraction of sp³-hybridized carbons (Fsp3) is 0.538. The van der Waals surface area contributed by atoms with Crippen LogP contribution in [-0.2, 0) is 0 Å². The summed E-state index contributed by atoms with van der Waals surface area (Å²) in [6.07, 6.45) is 5.24. The first-order valence-electron chi connectivity index (χ1n) is 6.14. The smallest absolute Gasteiger partial charge is 0.143 e. The number of aromatic nitrogens is 2. The molecule has 0 radical (unpaired) electrons. The molecule has 2 aromatic rings. The van der Waals surface area contributed by atoms with E-state index in [1.165, 1.54) is 11.4 Å². The minimum atomic E-state index is 0.305. The lowest BCUT2D eigenvalue weighted by Crippen LogP contribution is -2.14. The number of rotatable bonds is 5. The van der Waals surface area contributed by atoms with E-state index in [2.05, 4.69) is 23.8 Å². The molecule has 2 atom stereocenters. The Morgan fingerprint density at radius 1 is 1.35 bits per heavy atom. The van der Waals surface area contributed by atoms with Crippen molar-refractivity contribution in [3.05, 3.63) is 23.3 Å². The number of nitrogens with two attached hydrogens (primary N) is 1. The summed E-state index contributed by atoms with van der Waals surface area (Å²) in [5.41, 5.74) is 6.78. The van der Waals surface area contributed by atoms with Crippen LogP contribution in [0.25, 0.3) is 10.3 Å². The lowest BCUT2D eigenvalue weighted by atomic mass is 10.0. The highest BCUT2D eigenvalue weighted by molar-refractivity contribution is 7.18. The van der Waals surface area contributed by atoms with E-state index in [1.54, 1.807) is 11.3 Å². The lowest BCUT2D eigenvalue weighted by molar-refractivity contribution is 0.556. The van der Waals surface area contributed by atoms with Crippen molar-refractivity contribution in [3.8, 4) is 0 Å². The number of pyridine rings is 1. The number of nitrogens with zero attached hydrogens (tertiary/aromatic N) is 2. The van der Waals surface area contributed by atoms with Crippen LogP contribution in [0.15, 0.2) is 18.3 Å². The average molecular weight is 249 g/mol. The van der Waals surface area contributed by atoms with Crippen LogP contribution in [0.4, 0.5) is 0 Å². The van der Waals surface area contributed by atoms with Crippen molar-refractivity contribution in [3.63, 3.8) is 0 Å². The van der Waals surface area contributed by atoms with Gasteiger partial charge in [-0.15, -0.1) is 0 Å². The molecule has 2 N–H and O–H groups in total. The molecule has 0 aliphatic rings. The van der Waals surface area contributed by atoms with E-state index < -0.39 is 0 Å². The van der Waals surface area contributed by atoms with Gasteiger partial charge in [0.15, 0.2) is 0 Å². The third-order valence-electron chi connectivity index (χ3n) is 2.90. The first-order chi connectivity index (χ1) is 8.16. The van der Waals surface area contributed by atoms with Gasteiger partial charge in [-0.1, -0.05) is 24.7 Å². The van der Waals surface area contributed by atoms with Crippen molar-refractivity contribution in [2.75, 3.05) is 0 Å². The quantitative estimate of drug-likeness (QED) is 0.884. The minimum absolute atomic E-state index is 0.305. The molecule has 0 bridgehead atoms. The highest BCUT2D eigenvalue weighted by Crippen LogP contribution is 2.28. The van der Waals surface area contributed by atoms with Gasteiger partial charge in [-0.3, -0.25) is 0 Å². The van der Waals surface area contributed by atoms with Gasteiger partial charge in [0.2, 0.25) is 0 Å². The molecule has 4 heteroatoms. The molecule has 0 amide bonds. The number of thiazole rings is 1. The Bertz CT molecular complexity index is 445. The van der Waals surface area contributed by atoms with Crippen molar-refractivity contribution < 1.29 is 0 Å². The molecule has 2 unspecified atom stereocenters. The Labute approximate surface area is 106 Å². The molecular formula is C13H19N3S. The molecule has 92 valence electrons. The van der Waals surface area contributed by atoms with Gasteiger partial charge in [-0.05, 0) is 31.9 Å². The van der Waals surface area contributed by atoms with Gasteiger partial charge >= 0.3 is 0 Å². The van der Waals surface area contributed by atoms with E-state index in [-0.39, 0.29) is 0 Å². The molecule has 0 aliphatic carbocycles. The Morgan fingerprint density at radius 3 is 2.88 bits per heavy atom. The summed E-state index contributed by atoms with van der Waals surface area (Å²) in [6.45, 7) is 4.30.